The van der Waals surface area contributed by atoms with Crippen LogP contribution in [-0.4, -0.2) is 35.6 Å². The van der Waals surface area contributed by atoms with Gasteiger partial charge in [0, 0.05) is 30.3 Å². The molecule has 1 aliphatic heterocycles. The van der Waals surface area contributed by atoms with E-state index in [2.05, 4.69) is 0 Å². The van der Waals surface area contributed by atoms with Crippen molar-refractivity contribution in [2.75, 3.05) is 20.2 Å². The molecule has 3 aromatic carbocycles. The van der Waals surface area contributed by atoms with E-state index in [1.54, 1.807) is 40.9 Å². The maximum atomic E-state index is 14.3. The number of halogens is 2. The summed E-state index contributed by atoms with van der Waals surface area (Å²) in [4.78, 5) is 35.4. The molecule has 1 aliphatic rings. The minimum Gasteiger partial charge on any atom is -0.496 e. The van der Waals surface area contributed by atoms with Gasteiger partial charge in [0.2, 0.25) is 0 Å². The van der Waals surface area contributed by atoms with Crippen LogP contribution in [0.15, 0.2) is 92.2 Å². The Balaban J connectivity index is 1.57. The zero-order chi connectivity index (χ0) is 31.1. The normalized spacial score (nSPS) is 15.0. The average molecular weight is 647 g/mol. The largest absolute Gasteiger partial charge is 0.496 e. The van der Waals surface area contributed by atoms with Gasteiger partial charge in [-0.25, -0.2) is 4.99 Å². The third-order valence-corrected chi connectivity index (χ3v) is 9.55. The molecular formula is C34H29Cl2N3O4S. The minimum atomic E-state index is -0.758. The summed E-state index contributed by atoms with van der Waals surface area (Å²) in [5, 5.41) is 2.74. The van der Waals surface area contributed by atoms with Crippen LogP contribution in [0.3, 0.4) is 0 Å². The topological polar surface area (TPSA) is 77.0 Å². The van der Waals surface area contributed by atoms with Gasteiger partial charge in [0.1, 0.15) is 23.3 Å². The van der Waals surface area contributed by atoms with Crippen LogP contribution in [-0.2, 0) is 4.79 Å². The number of ether oxygens (including phenoxy) is 1. The summed E-state index contributed by atoms with van der Waals surface area (Å²) in [6.45, 7) is 6.75. The molecular weight excluding hydrogens is 617 g/mol. The number of carbonyl (C=O) groups excluding carboxylic acids is 1. The van der Waals surface area contributed by atoms with E-state index in [4.69, 9.17) is 37.3 Å². The molecule has 6 rings (SSSR count). The number of allylic oxidation sites excluding steroid dienone is 1. The molecule has 1 amide bonds. The maximum Gasteiger partial charge on any atom is 0.271 e. The Bertz CT molecular complexity index is 2140. The average Bonchev–Trinajstić information content (AvgIpc) is 3.61. The van der Waals surface area contributed by atoms with Gasteiger partial charge in [-0.2, -0.15) is 0 Å². The van der Waals surface area contributed by atoms with Crippen LogP contribution in [0, 0.1) is 0 Å². The number of benzene rings is 3. The first kappa shape index (κ1) is 29.9. The zero-order valence-electron chi connectivity index (χ0n) is 24.6. The van der Waals surface area contributed by atoms with Gasteiger partial charge in [-0.05, 0) is 67.9 Å². The molecule has 7 nitrogen and oxygen atoms in total. The first-order valence-electron chi connectivity index (χ1n) is 14.2. The van der Waals surface area contributed by atoms with E-state index in [-0.39, 0.29) is 11.5 Å². The lowest BCUT2D eigenvalue weighted by atomic mass is 9.90. The van der Waals surface area contributed by atoms with Gasteiger partial charge in [-0.1, -0.05) is 64.9 Å². The summed E-state index contributed by atoms with van der Waals surface area (Å²) in [5.41, 5.74) is 2.23. The molecule has 10 heteroatoms. The molecule has 1 atom stereocenters. The van der Waals surface area contributed by atoms with Crippen molar-refractivity contribution in [1.82, 2.24) is 9.47 Å². The lowest BCUT2D eigenvalue weighted by Gasteiger charge is -2.30. The molecule has 2 aromatic heterocycles. The highest BCUT2D eigenvalue weighted by molar-refractivity contribution is 7.07. The third-order valence-electron chi connectivity index (χ3n) is 7.83. The zero-order valence-corrected chi connectivity index (χ0v) is 26.9. The number of likely N-dealkylation sites (N-methyl/N-ethyl adjacent to an activating group) is 1. The standard InChI is InChI=1S/C34H29Cl2N3O4S/c1-5-38(6-2)33(41)29-19(3)37-34-39(31(29)30-23-10-8-7-9-20(23)12-15-27(30)42-4)32(40)28(44-34)18-22-13-16-26(43-22)21-11-14-24(35)25(36)17-21/h7-18,31H,5-6H2,1-4H3/b28-18+/t31-/m1/s1. The highest BCUT2D eigenvalue weighted by Crippen LogP contribution is 2.40. The number of nitrogens with zero attached hydrogens (tertiary/aromatic N) is 3. The van der Waals surface area contributed by atoms with E-state index in [9.17, 15) is 9.59 Å². The molecule has 0 aliphatic carbocycles. The Hall–Kier alpha value is -4.11. The fourth-order valence-corrected chi connectivity index (χ4v) is 6.97. The number of thiazole rings is 1. The van der Waals surface area contributed by atoms with Gasteiger partial charge in [0.15, 0.2) is 4.80 Å². The van der Waals surface area contributed by atoms with Gasteiger partial charge in [-0.3, -0.25) is 14.2 Å². The van der Waals surface area contributed by atoms with Crippen molar-refractivity contribution in [3.8, 4) is 17.1 Å². The Kier molecular flexibility index (Phi) is 8.24. The van der Waals surface area contributed by atoms with Gasteiger partial charge < -0.3 is 14.1 Å². The summed E-state index contributed by atoms with van der Waals surface area (Å²) in [7, 11) is 1.60. The fourth-order valence-electron chi connectivity index (χ4n) is 5.65. The monoisotopic (exact) mass is 645 g/mol. The second-order valence-corrected chi connectivity index (χ2v) is 12.1. The van der Waals surface area contributed by atoms with Crippen molar-refractivity contribution in [1.29, 1.82) is 0 Å². The smallest absolute Gasteiger partial charge is 0.271 e. The molecule has 3 heterocycles. The van der Waals surface area contributed by atoms with Crippen LogP contribution < -0.4 is 19.6 Å². The number of hydrogen-bond donors (Lipinski definition) is 0. The van der Waals surface area contributed by atoms with E-state index in [1.807, 2.05) is 69.3 Å². The number of fused-ring (bicyclic) bond motifs is 2. The molecule has 0 N–H and O–H groups in total. The first-order chi connectivity index (χ1) is 21.2. The van der Waals surface area contributed by atoms with Gasteiger partial charge in [0.05, 0.1) is 33.0 Å². The van der Waals surface area contributed by atoms with Crippen molar-refractivity contribution in [2.24, 2.45) is 4.99 Å². The molecule has 0 saturated carbocycles. The number of methoxy groups -OCH3 is 1. The molecule has 224 valence electrons. The van der Waals surface area contributed by atoms with E-state index in [0.717, 1.165) is 21.9 Å². The van der Waals surface area contributed by atoms with Crippen LogP contribution in [0.2, 0.25) is 10.0 Å². The molecule has 0 radical (unpaired) electrons. The van der Waals surface area contributed by atoms with E-state index >= 15 is 0 Å². The second-order valence-electron chi connectivity index (χ2n) is 10.3. The van der Waals surface area contributed by atoms with Crippen LogP contribution in [0.1, 0.15) is 38.1 Å². The molecule has 0 unspecified atom stereocenters. The SMILES string of the molecule is CCN(CC)C(=O)C1=C(C)N=c2s/c(=C/c3ccc(-c4ccc(Cl)c(Cl)c4)o3)c(=O)n2[C@H]1c1c(OC)ccc2ccccc12. The molecule has 0 bridgehead atoms. The third kappa shape index (κ3) is 5.17. The van der Waals surface area contributed by atoms with Crippen LogP contribution >= 0.6 is 34.5 Å². The second kappa shape index (κ2) is 12.1. The van der Waals surface area contributed by atoms with Gasteiger partial charge in [-0.15, -0.1) is 0 Å². The van der Waals surface area contributed by atoms with Gasteiger partial charge in [0.25, 0.3) is 11.5 Å². The molecule has 0 fully saturated rings. The summed E-state index contributed by atoms with van der Waals surface area (Å²) in [6, 6.07) is 19.9. The number of furan rings is 1. The molecule has 0 saturated heterocycles. The van der Waals surface area contributed by atoms with Crippen LogP contribution in [0.4, 0.5) is 0 Å². The van der Waals surface area contributed by atoms with Crippen molar-refractivity contribution in [3.63, 3.8) is 0 Å². The van der Waals surface area contributed by atoms with Crippen molar-refractivity contribution < 1.29 is 13.9 Å². The number of aromatic nitrogens is 1. The Morgan fingerprint density at radius 3 is 2.57 bits per heavy atom. The Morgan fingerprint density at radius 1 is 1.07 bits per heavy atom. The van der Waals surface area contributed by atoms with Crippen molar-refractivity contribution in [2.45, 2.75) is 26.8 Å². The highest BCUT2D eigenvalue weighted by Gasteiger charge is 2.36. The predicted molar refractivity (Wildman–Crippen MR) is 176 cm³/mol. The highest BCUT2D eigenvalue weighted by atomic mass is 35.5. The predicted octanol–water partition coefficient (Wildman–Crippen LogP) is 6.83. The lowest BCUT2D eigenvalue weighted by Crippen LogP contribution is -2.43. The number of amides is 1. The van der Waals surface area contributed by atoms with Crippen LogP contribution in [0.5, 0.6) is 5.75 Å². The van der Waals surface area contributed by atoms with Gasteiger partial charge >= 0.3 is 0 Å². The van der Waals surface area contributed by atoms with Crippen molar-refractivity contribution in [3.05, 3.63) is 119 Å². The Labute approximate surface area is 267 Å². The lowest BCUT2D eigenvalue weighted by molar-refractivity contribution is -0.127. The number of rotatable bonds is 7. The minimum absolute atomic E-state index is 0.164. The quantitative estimate of drug-likeness (QED) is 0.194. The molecule has 0 spiro atoms. The van der Waals surface area contributed by atoms with E-state index < -0.39 is 6.04 Å². The first-order valence-corrected chi connectivity index (χ1v) is 15.8. The molecule has 44 heavy (non-hydrogen) atoms. The Morgan fingerprint density at radius 2 is 1.84 bits per heavy atom. The summed E-state index contributed by atoms with van der Waals surface area (Å²) in [6.07, 6.45) is 1.70. The maximum absolute atomic E-state index is 14.3. The van der Waals surface area contributed by atoms with Crippen LogP contribution in [0.25, 0.3) is 28.2 Å². The van der Waals surface area contributed by atoms with E-state index in [0.29, 0.717) is 61.0 Å². The summed E-state index contributed by atoms with van der Waals surface area (Å²) in [5.74, 6) is 1.50. The molecule has 5 aromatic rings. The summed E-state index contributed by atoms with van der Waals surface area (Å²) < 4.78 is 14.0. The van der Waals surface area contributed by atoms with Crippen molar-refractivity contribution >= 4 is 57.3 Å². The summed E-state index contributed by atoms with van der Waals surface area (Å²) >= 11 is 13.5. The fraction of sp³-hybridized carbons (Fsp3) is 0.206. The number of carbonyl (C=O) groups is 1. The van der Waals surface area contributed by atoms with E-state index in [1.165, 1.54) is 11.3 Å². The number of hydrogen-bond acceptors (Lipinski definition) is 6.